The van der Waals surface area contributed by atoms with E-state index in [0.29, 0.717) is 0 Å². The lowest BCUT2D eigenvalue weighted by Crippen LogP contribution is -2.04. The predicted molar refractivity (Wildman–Crippen MR) is 84.7 cm³/mol. The second-order valence-electron chi connectivity index (χ2n) is 4.89. The average Bonchev–Trinajstić information content (AvgIpc) is 2.41. The largest absolute Gasteiger partial charge is 0.316 e. The fourth-order valence-electron chi connectivity index (χ4n) is 2.01. The fraction of sp³-hybridized carbons (Fsp3) is 0.294. The summed E-state index contributed by atoms with van der Waals surface area (Å²) in [6.45, 7) is 5.27. The van der Waals surface area contributed by atoms with Crippen molar-refractivity contribution in [3.63, 3.8) is 0 Å². The Balaban J connectivity index is 2.01. The van der Waals surface area contributed by atoms with Crippen LogP contribution in [-0.2, 0) is 12.3 Å². The summed E-state index contributed by atoms with van der Waals surface area (Å²) in [6.07, 6.45) is 0. The molecular formula is C17H21NS. The molecule has 2 heteroatoms. The Kier molecular flexibility index (Phi) is 5.06. The molecule has 100 valence electrons. The summed E-state index contributed by atoms with van der Waals surface area (Å²) in [5.41, 5.74) is 5.48. The van der Waals surface area contributed by atoms with Gasteiger partial charge in [-0.2, -0.15) is 0 Å². The molecule has 2 rings (SSSR count). The normalized spacial score (nSPS) is 10.7. The van der Waals surface area contributed by atoms with E-state index in [1.54, 1.807) is 0 Å². The molecule has 0 aliphatic rings. The summed E-state index contributed by atoms with van der Waals surface area (Å²) in [4.78, 5) is 1.34. The van der Waals surface area contributed by atoms with E-state index in [1.807, 2.05) is 18.8 Å². The van der Waals surface area contributed by atoms with Crippen molar-refractivity contribution in [2.45, 2.75) is 31.0 Å². The standard InChI is InChI=1S/C17H21NS/c1-13-7-8-16(9-14(13)2)12-19-17-6-4-5-15(10-17)11-18-3/h4-10,18H,11-12H2,1-3H3. The summed E-state index contributed by atoms with van der Waals surface area (Å²) < 4.78 is 0. The minimum atomic E-state index is 0.929. The van der Waals surface area contributed by atoms with E-state index in [0.717, 1.165) is 12.3 Å². The Labute approximate surface area is 120 Å². The SMILES string of the molecule is CNCc1cccc(SCc2ccc(C)c(C)c2)c1. The van der Waals surface area contributed by atoms with E-state index in [4.69, 9.17) is 0 Å². The summed E-state index contributed by atoms with van der Waals surface area (Å²) in [5, 5.41) is 3.19. The molecule has 0 heterocycles. The van der Waals surface area contributed by atoms with E-state index in [-0.39, 0.29) is 0 Å². The quantitative estimate of drug-likeness (QED) is 0.813. The molecule has 0 spiro atoms. The van der Waals surface area contributed by atoms with E-state index in [1.165, 1.54) is 27.1 Å². The molecule has 0 aliphatic carbocycles. The van der Waals surface area contributed by atoms with Crippen LogP contribution in [0.3, 0.4) is 0 Å². The maximum atomic E-state index is 3.19. The Hall–Kier alpha value is -1.25. The van der Waals surface area contributed by atoms with E-state index in [9.17, 15) is 0 Å². The molecule has 0 amide bonds. The van der Waals surface area contributed by atoms with Gasteiger partial charge in [-0.25, -0.2) is 0 Å². The monoisotopic (exact) mass is 271 g/mol. The Bertz CT molecular complexity index is 549. The zero-order valence-corrected chi connectivity index (χ0v) is 12.7. The molecule has 1 nitrogen and oxygen atoms in total. The predicted octanol–water partition coefficient (Wildman–Crippen LogP) is 4.32. The fourth-order valence-corrected chi connectivity index (χ4v) is 2.93. The molecule has 0 saturated carbocycles. The van der Waals surface area contributed by atoms with Crippen LogP contribution in [-0.4, -0.2) is 7.05 Å². The summed E-state index contributed by atoms with van der Waals surface area (Å²) in [7, 11) is 1.98. The number of benzene rings is 2. The minimum Gasteiger partial charge on any atom is -0.316 e. The molecule has 0 radical (unpaired) electrons. The van der Waals surface area contributed by atoms with Gasteiger partial charge in [0.1, 0.15) is 0 Å². The number of hydrogen-bond donors (Lipinski definition) is 1. The highest BCUT2D eigenvalue weighted by Crippen LogP contribution is 2.24. The van der Waals surface area contributed by atoms with Crippen LogP contribution in [0.4, 0.5) is 0 Å². The van der Waals surface area contributed by atoms with Gasteiger partial charge in [-0.15, -0.1) is 11.8 Å². The van der Waals surface area contributed by atoms with Gasteiger partial charge in [0.2, 0.25) is 0 Å². The average molecular weight is 271 g/mol. The summed E-state index contributed by atoms with van der Waals surface area (Å²) in [6, 6.07) is 15.5. The van der Waals surface area contributed by atoms with Crippen LogP contribution >= 0.6 is 11.8 Å². The molecular weight excluding hydrogens is 250 g/mol. The molecule has 0 aromatic heterocycles. The van der Waals surface area contributed by atoms with Crippen molar-refractivity contribution < 1.29 is 0 Å². The second kappa shape index (κ2) is 6.78. The first-order valence-electron chi connectivity index (χ1n) is 6.61. The number of hydrogen-bond acceptors (Lipinski definition) is 2. The Morgan fingerprint density at radius 1 is 0.947 bits per heavy atom. The van der Waals surface area contributed by atoms with E-state index in [2.05, 4.69) is 61.6 Å². The zero-order valence-electron chi connectivity index (χ0n) is 11.9. The van der Waals surface area contributed by atoms with Crippen LogP contribution in [0.25, 0.3) is 0 Å². The first-order chi connectivity index (χ1) is 9.19. The van der Waals surface area contributed by atoms with Crippen molar-refractivity contribution in [3.05, 3.63) is 64.7 Å². The smallest absolute Gasteiger partial charge is 0.0232 e. The number of nitrogens with one attached hydrogen (secondary N) is 1. The van der Waals surface area contributed by atoms with Gasteiger partial charge in [0, 0.05) is 17.2 Å². The lowest BCUT2D eigenvalue weighted by molar-refractivity contribution is 0.815. The Morgan fingerprint density at radius 3 is 2.53 bits per heavy atom. The highest BCUT2D eigenvalue weighted by Gasteiger charge is 2.00. The molecule has 0 fully saturated rings. The van der Waals surface area contributed by atoms with Crippen LogP contribution in [0, 0.1) is 13.8 Å². The van der Waals surface area contributed by atoms with Crippen LogP contribution in [0.2, 0.25) is 0 Å². The molecule has 0 unspecified atom stereocenters. The molecule has 19 heavy (non-hydrogen) atoms. The van der Waals surface area contributed by atoms with Gasteiger partial charge >= 0.3 is 0 Å². The highest BCUT2D eigenvalue weighted by atomic mass is 32.2. The zero-order chi connectivity index (χ0) is 13.7. The van der Waals surface area contributed by atoms with Gasteiger partial charge in [-0.3, -0.25) is 0 Å². The van der Waals surface area contributed by atoms with Crippen molar-refractivity contribution in [1.82, 2.24) is 5.32 Å². The van der Waals surface area contributed by atoms with Crippen LogP contribution in [0.15, 0.2) is 47.4 Å². The lowest BCUT2D eigenvalue weighted by Gasteiger charge is -2.07. The molecule has 0 aliphatic heterocycles. The maximum absolute atomic E-state index is 3.19. The Morgan fingerprint density at radius 2 is 1.79 bits per heavy atom. The van der Waals surface area contributed by atoms with E-state index >= 15 is 0 Å². The van der Waals surface area contributed by atoms with Crippen molar-refractivity contribution in [3.8, 4) is 0 Å². The van der Waals surface area contributed by atoms with Crippen molar-refractivity contribution >= 4 is 11.8 Å². The van der Waals surface area contributed by atoms with Crippen LogP contribution < -0.4 is 5.32 Å². The molecule has 0 bridgehead atoms. The third kappa shape index (κ3) is 4.12. The van der Waals surface area contributed by atoms with Crippen molar-refractivity contribution in [1.29, 1.82) is 0 Å². The molecule has 2 aromatic carbocycles. The van der Waals surface area contributed by atoms with E-state index < -0.39 is 0 Å². The van der Waals surface area contributed by atoms with Crippen LogP contribution in [0.5, 0.6) is 0 Å². The third-order valence-electron chi connectivity index (χ3n) is 3.26. The molecule has 0 atom stereocenters. The van der Waals surface area contributed by atoms with Crippen molar-refractivity contribution in [2.24, 2.45) is 0 Å². The third-order valence-corrected chi connectivity index (χ3v) is 4.32. The van der Waals surface area contributed by atoms with Gasteiger partial charge in [-0.1, -0.05) is 30.3 Å². The van der Waals surface area contributed by atoms with Gasteiger partial charge in [0.25, 0.3) is 0 Å². The molecule has 2 aromatic rings. The van der Waals surface area contributed by atoms with Crippen molar-refractivity contribution in [2.75, 3.05) is 7.05 Å². The van der Waals surface area contributed by atoms with Gasteiger partial charge < -0.3 is 5.32 Å². The first kappa shape index (κ1) is 14.2. The first-order valence-corrected chi connectivity index (χ1v) is 7.60. The number of rotatable bonds is 5. The van der Waals surface area contributed by atoms with Gasteiger partial charge in [0.15, 0.2) is 0 Å². The highest BCUT2D eigenvalue weighted by molar-refractivity contribution is 7.98. The molecule has 0 saturated heterocycles. The number of thioether (sulfide) groups is 1. The van der Waals surface area contributed by atoms with Crippen LogP contribution in [0.1, 0.15) is 22.3 Å². The van der Waals surface area contributed by atoms with Gasteiger partial charge in [0.05, 0.1) is 0 Å². The molecule has 1 N–H and O–H groups in total. The second-order valence-corrected chi connectivity index (χ2v) is 5.93. The summed E-state index contributed by atoms with van der Waals surface area (Å²) in [5.74, 6) is 1.03. The van der Waals surface area contributed by atoms with Gasteiger partial charge in [-0.05, 0) is 55.3 Å². The summed E-state index contributed by atoms with van der Waals surface area (Å²) >= 11 is 1.90. The number of aryl methyl sites for hydroxylation is 2. The maximum Gasteiger partial charge on any atom is 0.0232 e. The minimum absolute atomic E-state index is 0.929. The topological polar surface area (TPSA) is 12.0 Å². The lowest BCUT2D eigenvalue weighted by atomic mass is 10.1.